The van der Waals surface area contributed by atoms with Gasteiger partial charge in [-0.25, -0.2) is 0 Å². The third-order valence-corrected chi connectivity index (χ3v) is 20.5. The van der Waals surface area contributed by atoms with E-state index in [2.05, 4.69) is 99.2 Å². The Morgan fingerprint density at radius 3 is 1.42 bits per heavy atom. The molecule has 358 valence electrons. The zero-order valence-corrected chi connectivity index (χ0v) is 46.0. The third kappa shape index (κ3) is 12.3. The molecule has 0 atom stereocenters. The summed E-state index contributed by atoms with van der Waals surface area (Å²) in [4.78, 5) is 43.4. The summed E-state index contributed by atoms with van der Waals surface area (Å²) in [6.45, 7) is 11.1. The number of rotatable bonds is 27. The molecule has 1 aliphatic rings. The molecule has 0 unspecified atom stereocenters. The van der Waals surface area contributed by atoms with Crippen molar-refractivity contribution < 1.29 is 9.59 Å². The van der Waals surface area contributed by atoms with Gasteiger partial charge in [-0.05, 0) is 145 Å². The molecule has 0 bridgehead atoms. The summed E-state index contributed by atoms with van der Waals surface area (Å²) in [5.74, 6) is -0.333. The van der Waals surface area contributed by atoms with Gasteiger partial charge < -0.3 is 10.2 Å². The molecule has 7 heterocycles. The third-order valence-electron chi connectivity index (χ3n) is 13.2. The van der Waals surface area contributed by atoms with Crippen molar-refractivity contribution in [3.8, 4) is 39.0 Å². The van der Waals surface area contributed by atoms with E-state index in [1.54, 1.807) is 34.6 Å². The Hall–Kier alpha value is -3.38. The second-order valence-corrected chi connectivity index (χ2v) is 24.3. The van der Waals surface area contributed by atoms with Crippen LogP contribution in [-0.4, -0.2) is 30.8 Å². The molecule has 0 spiro atoms. The van der Waals surface area contributed by atoms with Crippen molar-refractivity contribution in [2.24, 2.45) is 0 Å². The molecule has 1 aliphatic heterocycles. The maximum atomic E-state index is 14.8. The topological polar surface area (TPSA) is 49.4 Å². The standard InChI is InChI=1S/C57H72N2O2S6/c1-8-12-16-20-24-39-32-34-62-52(39)43-28-30-45(64-43)54-41(26-22-18-14-10-3)36-47(66-54)38(5)49-50(56(60)58-6)51(59(7)57(49)61)48-37-42(27-23-19-15-11-4)55(67-48)46-31-29-44(65-46)53-40(33-35-63-53)25-21-17-13-9-2/h28-37H,8-27H2,1-7H3,(H,58,60)/b49-38-. The first kappa shape index (κ1) is 51.5. The van der Waals surface area contributed by atoms with Crippen molar-refractivity contribution in [1.82, 2.24) is 10.2 Å². The molecule has 10 heteroatoms. The minimum Gasteiger partial charge on any atom is -0.355 e. The van der Waals surface area contributed by atoms with Crippen LogP contribution in [-0.2, 0) is 35.3 Å². The molecule has 1 N–H and O–H groups in total. The van der Waals surface area contributed by atoms with Crippen LogP contribution in [0.1, 0.15) is 169 Å². The highest BCUT2D eigenvalue weighted by Crippen LogP contribution is 2.49. The second kappa shape index (κ2) is 25.5. The van der Waals surface area contributed by atoms with E-state index in [-0.39, 0.29) is 11.8 Å². The summed E-state index contributed by atoms with van der Waals surface area (Å²) in [5.41, 5.74) is 8.18. The number of allylic oxidation sites excluding steroid dienone is 1. The van der Waals surface area contributed by atoms with Crippen LogP contribution in [0, 0.1) is 0 Å². The molecular formula is C57H72N2O2S6. The van der Waals surface area contributed by atoms with E-state index < -0.39 is 0 Å². The number of unbranched alkanes of at least 4 members (excludes halogenated alkanes) is 12. The first-order valence-electron chi connectivity index (χ1n) is 25.3. The molecule has 6 aromatic rings. The van der Waals surface area contributed by atoms with Crippen LogP contribution in [0.3, 0.4) is 0 Å². The van der Waals surface area contributed by atoms with Gasteiger partial charge in [0.1, 0.15) is 0 Å². The number of hydrogen-bond donors (Lipinski definition) is 1. The van der Waals surface area contributed by atoms with Gasteiger partial charge in [-0.3, -0.25) is 9.59 Å². The zero-order valence-electron chi connectivity index (χ0n) is 41.1. The molecule has 0 aliphatic carbocycles. The number of nitrogens with one attached hydrogen (secondary N) is 1. The second-order valence-electron chi connectivity index (χ2n) is 18.2. The predicted molar refractivity (Wildman–Crippen MR) is 300 cm³/mol. The first-order chi connectivity index (χ1) is 32.7. The highest BCUT2D eigenvalue weighted by molar-refractivity contribution is 7.27. The van der Waals surface area contributed by atoms with Crippen molar-refractivity contribution in [2.45, 2.75) is 163 Å². The van der Waals surface area contributed by atoms with E-state index in [1.807, 2.05) is 52.4 Å². The Morgan fingerprint density at radius 2 is 0.955 bits per heavy atom. The van der Waals surface area contributed by atoms with Crippen LogP contribution in [0.5, 0.6) is 0 Å². The Labute approximate surface area is 426 Å². The van der Waals surface area contributed by atoms with Crippen LogP contribution >= 0.6 is 68.0 Å². The average molecular weight is 1010 g/mol. The highest BCUT2D eigenvalue weighted by atomic mass is 32.1. The van der Waals surface area contributed by atoms with Crippen molar-refractivity contribution in [3.05, 3.63) is 102 Å². The summed E-state index contributed by atoms with van der Waals surface area (Å²) >= 11 is 11.0. The molecule has 6 aromatic heterocycles. The number of nitrogens with zero attached hydrogens (tertiary/aromatic N) is 1. The molecule has 2 amide bonds. The Balaban J connectivity index is 1.27. The maximum absolute atomic E-state index is 14.8. The summed E-state index contributed by atoms with van der Waals surface area (Å²) in [6, 6.07) is 18.5. The van der Waals surface area contributed by atoms with Crippen molar-refractivity contribution in [3.63, 3.8) is 0 Å². The van der Waals surface area contributed by atoms with E-state index in [9.17, 15) is 9.59 Å². The smallest absolute Gasteiger partial charge is 0.259 e. The fourth-order valence-electron chi connectivity index (χ4n) is 9.35. The van der Waals surface area contributed by atoms with Crippen molar-refractivity contribution in [2.75, 3.05) is 14.1 Å². The lowest BCUT2D eigenvalue weighted by Gasteiger charge is -2.13. The van der Waals surface area contributed by atoms with Gasteiger partial charge in [0.2, 0.25) is 0 Å². The van der Waals surface area contributed by atoms with E-state index >= 15 is 0 Å². The summed E-state index contributed by atoms with van der Waals surface area (Å²) < 4.78 is 0. The van der Waals surface area contributed by atoms with Gasteiger partial charge in [0.25, 0.3) is 11.8 Å². The van der Waals surface area contributed by atoms with Gasteiger partial charge in [0.15, 0.2) is 0 Å². The lowest BCUT2D eigenvalue weighted by Crippen LogP contribution is -2.22. The predicted octanol–water partition coefficient (Wildman–Crippen LogP) is 18.6. The highest BCUT2D eigenvalue weighted by Gasteiger charge is 2.40. The maximum Gasteiger partial charge on any atom is 0.259 e. The molecule has 0 saturated heterocycles. The van der Waals surface area contributed by atoms with Gasteiger partial charge in [0, 0.05) is 58.0 Å². The molecule has 4 nitrogen and oxygen atoms in total. The van der Waals surface area contributed by atoms with Gasteiger partial charge in [-0.1, -0.05) is 105 Å². The first-order valence-corrected chi connectivity index (χ1v) is 30.3. The molecular weight excluding hydrogens is 937 g/mol. The van der Waals surface area contributed by atoms with Crippen molar-refractivity contribution in [1.29, 1.82) is 0 Å². The minimum absolute atomic E-state index is 0.116. The molecule has 67 heavy (non-hydrogen) atoms. The van der Waals surface area contributed by atoms with Gasteiger partial charge >= 0.3 is 0 Å². The lowest BCUT2D eigenvalue weighted by atomic mass is 9.98. The normalized spacial score (nSPS) is 13.8. The van der Waals surface area contributed by atoms with Crippen molar-refractivity contribution >= 4 is 91.1 Å². The average Bonchev–Trinajstić information content (AvgIpc) is 4.20. The fourth-order valence-corrected chi connectivity index (χ4v) is 16.4. The molecule has 0 aromatic carbocycles. The number of amides is 2. The van der Waals surface area contributed by atoms with Crippen LogP contribution < -0.4 is 5.32 Å². The largest absolute Gasteiger partial charge is 0.355 e. The number of carbonyl (C=O) groups excluding carboxylic acids is 2. The molecule has 7 rings (SSSR count). The Kier molecular flexibility index (Phi) is 19.6. The minimum atomic E-state index is -0.218. The molecule has 0 saturated carbocycles. The van der Waals surface area contributed by atoms with Crippen LogP contribution in [0.2, 0.25) is 0 Å². The zero-order chi connectivity index (χ0) is 47.3. The van der Waals surface area contributed by atoms with Gasteiger partial charge in [-0.15, -0.1) is 68.0 Å². The van der Waals surface area contributed by atoms with E-state index in [0.29, 0.717) is 11.1 Å². The monoisotopic (exact) mass is 1010 g/mol. The summed E-state index contributed by atoms with van der Waals surface area (Å²) in [5, 5.41) is 7.46. The number of carbonyl (C=O) groups is 2. The number of thiophene rings is 6. The van der Waals surface area contributed by atoms with E-state index in [0.717, 1.165) is 59.5 Å². The Bertz CT molecular complexity index is 2620. The summed E-state index contributed by atoms with van der Waals surface area (Å²) in [6.07, 6.45) is 23.8. The van der Waals surface area contributed by atoms with Gasteiger partial charge in [-0.2, -0.15) is 0 Å². The van der Waals surface area contributed by atoms with Crippen LogP contribution in [0.15, 0.2) is 70.4 Å². The fraction of sp³-hybridized carbons (Fsp3) is 0.474. The Morgan fingerprint density at radius 1 is 0.522 bits per heavy atom. The van der Waals surface area contributed by atoms with E-state index in [1.165, 1.54) is 151 Å². The molecule has 0 radical (unpaired) electrons. The van der Waals surface area contributed by atoms with E-state index in [4.69, 9.17) is 0 Å². The SMILES string of the molecule is CCCCCCc1ccsc1-c1ccc(-c2sc(C3=C(C(=O)NC)/C(=C(\C)c4cc(CCCCCC)c(-c5ccc(-c6sccc6CCCCCC)s5)s4)C(=O)N3C)cc2CCCCCC)s1. The molecule has 0 fully saturated rings. The number of likely N-dealkylation sites (N-methyl/N-ethyl adjacent to an activating group) is 2. The number of aryl methyl sites for hydroxylation is 4. The van der Waals surface area contributed by atoms with Crippen LogP contribution in [0.4, 0.5) is 0 Å². The quantitative estimate of drug-likeness (QED) is 0.0413. The summed E-state index contributed by atoms with van der Waals surface area (Å²) in [7, 11) is 3.55. The number of hydrogen-bond acceptors (Lipinski definition) is 8. The lowest BCUT2D eigenvalue weighted by molar-refractivity contribution is -0.122. The van der Waals surface area contributed by atoms with Gasteiger partial charge in [0.05, 0.1) is 21.7 Å². The van der Waals surface area contributed by atoms with Crippen LogP contribution in [0.25, 0.3) is 50.3 Å².